The van der Waals surface area contributed by atoms with E-state index in [0.29, 0.717) is 0 Å². The van der Waals surface area contributed by atoms with Gasteiger partial charge in [0.05, 0.1) is 0 Å². The molecule has 0 nitrogen and oxygen atoms in total. The quantitative estimate of drug-likeness (QED) is 0.509. The summed E-state index contributed by atoms with van der Waals surface area (Å²) >= 11 is -1.65. The summed E-state index contributed by atoms with van der Waals surface area (Å²) in [7, 11) is 0. The molecule has 0 bridgehead atoms. The Balaban J connectivity index is 0.00000140. The van der Waals surface area contributed by atoms with Crippen LogP contribution < -0.4 is 35.2 Å². The maximum Gasteiger partial charge on any atom is -1.00 e. The van der Waals surface area contributed by atoms with Crippen LogP contribution in [-0.4, -0.2) is 6.19 Å². The first kappa shape index (κ1) is 23.2. The van der Waals surface area contributed by atoms with Crippen molar-refractivity contribution >= 4 is 16.6 Å². The molecule has 0 fully saturated rings. The van der Waals surface area contributed by atoms with Crippen LogP contribution in [0, 0.1) is 0 Å². The van der Waals surface area contributed by atoms with E-state index in [-0.39, 0.29) is 24.8 Å². The number of hydrogen-bond acceptors (Lipinski definition) is 0. The van der Waals surface area contributed by atoms with Crippen LogP contribution in [0.3, 0.4) is 0 Å². The zero-order valence-corrected chi connectivity index (χ0v) is 20.3. The molecule has 4 heteroatoms. The van der Waals surface area contributed by atoms with Crippen molar-refractivity contribution < 1.29 is 41.4 Å². The second-order valence-corrected chi connectivity index (χ2v) is 16.4. The molecule has 0 saturated heterocycles. The van der Waals surface area contributed by atoms with Gasteiger partial charge in [-0.15, -0.1) is 0 Å². The van der Waals surface area contributed by atoms with Crippen molar-refractivity contribution in [2.45, 2.75) is 26.7 Å². The van der Waals surface area contributed by atoms with Crippen LogP contribution >= 0.6 is 0 Å². The van der Waals surface area contributed by atoms with Crippen molar-refractivity contribution in [3.05, 3.63) is 104 Å². The molecule has 2 aliphatic rings. The minimum absolute atomic E-state index is 0. The molecule has 2 aliphatic carbocycles. The second-order valence-electron chi connectivity index (χ2n) is 7.02. The zero-order valence-electron chi connectivity index (χ0n) is 16.3. The van der Waals surface area contributed by atoms with E-state index >= 15 is 0 Å². The van der Waals surface area contributed by atoms with Crippen LogP contribution in [0.15, 0.2) is 104 Å². The monoisotopic (exact) mass is 458 g/mol. The Bertz CT molecular complexity index is 904. The van der Waals surface area contributed by atoms with Gasteiger partial charge in [-0.25, -0.2) is 0 Å². The predicted octanol–water partition coefficient (Wildman–Crippen LogP) is -1.11. The van der Waals surface area contributed by atoms with E-state index < -0.39 is 22.8 Å². The van der Waals surface area contributed by atoms with Gasteiger partial charge in [-0.2, -0.15) is 0 Å². The second kappa shape index (κ2) is 10.6. The van der Waals surface area contributed by atoms with E-state index in [4.69, 9.17) is 0 Å². The molecule has 0 heterocycles. The molecule has 0 atom stereocenters. The predicted molar refractivity (Wildman–Crippen MR) is 111 cm³/mol. The zero-order chi connectivity index (χ0) is 17.9. The van der Waals surface area contributed by atoms with E-state index in [1.807, 2.05) is 0 Å². The Labute approximate surface area is 187 Å². The van der Waals surface area contributed by atoms with Gasteiger partial charge in [0.25, 0.3) is 0 Å². The smallest absolute Gasteiger partial charge is 1.00 e. The minimum atomic E-state index is -1.65. The van der Waals surface area contributed by atoms with Crippen LogP contribution in [0.25, 0.3) is 0 Å². The Morgan fingerprint density at radius 3 is 1.36 bits per heavy atom. The van der Waals surface area contributed by atoms with E-state index in [1.54, 1.807) is 29.3 Å². The van der Waals surface area contributed by atoms with Crippen LogP contribution in [-0.2, 0) is 16.6 Å². The average molecular weight is 459 g/mol. The molecular weight excluding hydrogens is 435 g/mol. The van der Waals surface area contributed by atoms with Crippen molar-refractivity contribution in [1.29, 1.82) is 0 Å². The van der Waals surface area contributed by atoms with Crippen molar-refractivity contribution in [2.75, 3.05) is 0 Å². The first-order chi connectivity index (χ1) is 12.8. The molecule has 0 amide bonds. The van der Waals surface area contributed by atoms with E-state index in [0.717, 1.165) is 0 Å². The van der Waals surface area contributed by atoms with Gasteiger partial charge in [0.1, 0.15) is 0 Å². The first-order valence-corrected chi connectivity index (χ1v) is 14.7. The summed E-state index contributed by atoms with van der Waals surface area (Å²) in [6, 6.07) is 22.7. The summed E-state index contributed by atoms with van der Waals surface area (Å²) in [5.74, 6) is 0. The molecule has 0 aromatic heterocycles. The third-order valence-electron chi connectivity index (χ3n) is 5.31. The van der Waals surface area contributed by atoms with Gasteiger partial charge in [-0.3, -0.25) is 0 Å². The molecule has 2 aromatic carbocycles. The Morgan fingerprint density at radius 1 is 0.643 bits per heavy atom. The van der Waals surface area contributed by atoms with Gasteiger partial charge >= 0.3 is 164 Å². The fourth-order valence-electron chi connectivity index (χ4n) is 3.98. The molecule has 142 valence electrons. The van der Waals surface area contributed by atoms with E-state index in [2.05, 4.69) is 98.8 Å². The average Bonchev–Trinajstić information content (AvgIpc) is 3.29. The summed E-state index contributed by atoms with van der Waals surface area (Å²) < 4.78 is 3.59. The molecule has 0 unspecified atom stereocenters. The largest absolute Gasteiger partial charge is 1.00 e. The van der Waals surface area contributed by atoms with Crippen LogP contribution in [0.5, 0.6) is 0 Å². The number of rotatable bonds is 4. The Hall–Kier alpha value is -1.09. The maximum atomic E-state index is 2.38. The van der Waals surface area contributed by atoms with Gasteiger partial charge < -0.3 is 24.8 Å². The van der Waals surface area contributed by atoms with E-state index in [9.17, 15) is 0 Å². The van der Waals surface area contributed by atoms with Gasteiger partial charge in [0, 0.05) is 0 Å². The third kappa shape index (κ3) is 4.72. The Morgan fingerprint density at radius 2 is 1.04 bits per heavy atom. The van der Waals surface area contributed by atoms with Crippen molar-refractivity contribution in [3.63, 3.8) is 0 Å². The molecule has 0 N–H and O–H groups in total. The topological polar surface area (TPSA) is 0 Å². The van der Waals surface area contributed by atoms with Crippen LogP contribution in [0.4, 0.5) is 0 Å². The normalized spacial score (nSPS) is 14.5. The van der Waals surface area contributed by atoms with Gasteiger partial charge in [-0.05, 0) is 0 Å². The van der Waals surface area contributed by atoms with Crippen LogP contribution in [0.2, 0.25) is 0 Å². The number of halogens is 2. The molecular formula is C24H24Cl2SiTi. The van der Waals surface area contributed by atoms with Crippen molar-refractivity contribution in [3.8, 4) is 0 Å². The number of benzene rings is 2. The summed E-state index contributed by atoms with van der Waals surface area (Å²) in [5.41, 5.74) is 3.09. The Kier molecular flexibility index (Phi) is 8.80. The molecule has 0 spiro atoms. The third-order valence-corrected chi connectivity index (χ3v) is 18.9. The fourth-order valence-corrected chi connectivity index (χ4v) is 19.2. The fraction of sp³-hybridized carbons (Fsp3) is 0.167. The molecule has 0 aliphatic heterocycles. The molecule has 2 aromatic rings. The van der Waals surface area contributed by atoms with Crippen molar-refractivity contribution in [1.82, 2.24) is 0 Å². The number of hydrogen-bond donors (Lipinski definition) is 0. The van der Waals surface area contributed by atoms with Gasteiger partial charge in [0.2, 0.25) is 0 Å². The van der Waals surface area contributed by atoms with Gasteiger partial charge in [-0.1, -0.05) is 0 Å². The molecule has 28 heavy (non-hydrogen) atoms. The standard InChI is InChI=1S/C12H10Si.2C6H7.2ClH.Ti/c1-3-7-11(8-4-1)13-12-9-5-2-6-10-12;2*1-6-4-2-3-5-6;;;/h1-10H;2*2,4H,3H2,1H3;2*1H;/q;;;;;+2/p-2. The number of allylic oxidation sites excluding steroid dienone is 8. The van der Waals surface area contributed by atoms with Gasteiger partial charge in [0.15, 0.2) is 0 Å². The minimum Gasteiger partial charge on any atom is -1.00 e. The molecule has 0 radical (unpaired) electrons. The summed E-state index contributed by atoms with van der Waals surface area (Å²) in [6.07, 6.45) is 11.0. The summed E-state index contributed by atoms with van der Waals surface area (Å²) in [6.45, 7) is 4.67. The van der Waals surface area contributed by atoms with E-state index in [1.165, 1.54) is 12.8 Å². The summed E-state index contributed by atoms with van der Waals surface area (Å²) in [5, 5.41) is 3.16. The first-order valence-electron chi connectivity index (χ1n) is 9.34. The van der Waals surface area contributed by atoms with Crippen LogP contribution in [0.1, 0.15) is 26.7 Å². The van der Waals surface area contributed by atoms with Crippen molar-refractivity contribution in [2.24, 2.45) is 0 Å². The molecule has 0 saturated carbocycles. The molecule has 4 rings (SSSR count). The maximum absolute atomic E-state index is 2.38. The SMILES string of the molecule is CC1=[C]([Ti+2]([C]2=C(C)C=CC2)=[Si](c2ccccc2)c2ccccc2)CC=C1.[Cl-].[Cl-]. The summed E-state index contributed by atoms with van der Waals surface area (Å²) in [4.78, 5) is 0.